The fourth-order valence-corrected chi connectivity index (χ4v) is 3.05. The van der Waals surface area contributed by atoms with Gasteiger partial charge < -0.3 is 5.32 Å². The largest absolute Gasteiger partial charge is 0.302 e. The van der Waals surface area contributed by atoms with Crippen LogP contribution in [-0.2, 0) is 11.2 Å². The van der Waals surface area contributed by atoms with Gasteiger partial charge in [0.05, 0.1) is 12.1 Å². The van der Waals surface area contributed by atoms with Gasteiger partial charge in [-0.2, -0.15) is 0 Å². The maximum Gasteiger partial charge on any atom is 0.230 e. The molecule has 3 nitrogen and oxygen atoms in total. The third kappa shape index (κ3) is 3.72. The molecule has 6 heteroatoms. The number of anilines is 1. The Kier molecular flexibility index (Phi) is 5.02. The van der Waals surface area contributed by atoms with E-state index in [1.165, 1.54) is 11.3 Å². The molecule has 106 valence electrons. The third-order valence-electron chi connectivity index (χ3n) is 2.76. The Morgan fingerprint density at radius 2 is 2.00 bits per heavy atom. The molecule has 0 aliphatic carbocycles. The molecule has 0 fully saturated rings. The molecule has 0 saturated carbocycles. The molecule has 0 spiro atoms. The molecule has 0 radical (unpaired) electrons. The number of amides is 1. The maximum atomic E-state index is 12.0. The van der Waals surface area contributed by atoms with Crippen molar-refractivity contribution in [3.8, 4) is 0 Å². The first-order valence-electron chi connectivity index (χ1n) is 6.15. The molecule has 20 heavy (non-hydrogen) atoms. The summed E-state index contributed by atoms with van der Waals surface area (Å²) in [5, 5.41) is 6.31. The van der Waals surface area contributed by atoms with Gasteiger partial charge in [-0.3, -0.25) is 4.79 Å². The molecule has 1 heterocycles. The van der Waals surface area contributed by atoms with E-state index in [0.717, 1.165) is 5.69 Å². The molecule has 1 aromatic heterocycles. The number of halogens is 2. The smallest absolute Gasteiger partial charge is 0.230 e. The van der Waals surface area contributed by atoms with Crippen LogP contribution < -0.4 is 5.32 Å². The average Bonchev–Trinajstić information content (AvgIpc) is 2.82. The van der Waals surface area contributed by atoms with Gasteiger partial charge in [-0.05, 0) is 23.6 Å². The lowest BCUT2D eigenvalue weighted by molar-refractivity contribution is -0.115. The zero-order valence-corrected chi connectivity index (χ0v) is 13.4. The van der Waals surface area contributed by atoms with E-state index in [9.17, 15) is 4.79 Å². The van der Waals surface area contributed by atoms with E-state index in [2.05, 4.69) is 24.1 Å². The first-order valence-corrected chi connectivity index (χ1v) is 7.79. The summed E-state index contributed by atoms with van der Waals surface area (Å²) in [4.78, 5) is 16.4. The predicted molar refractivity (Wildman–Crippen MR) is 85.0 cm³/mol. The second-order valence-electron chi connectivity index (χ2n) is 4.66. The Labute approximate surface area is 131 Å². The summed E-state index contributed by atoms with van der Waals surface area (Å²) >= 11 is 13.5. The maximum absolute atomic E-state index is 12.0. The Hall–Kier alpha value is -1.10. The highest BCUT2D eigenvalue weighted by Crippen LogP contribution is 2.26. The third-order valence-corrected chi connectivity index (χ3v) is 4.24. The van der Waals surface area contributed by atoms with E-state index in [4.69, 9.17) is 23.2 Å². The molecule has 2 aromatic rings. The molecular weight excluding hydrogens is 315 g/mol. The van der Waals surface area contributed by atoms with Crippen molar-refractivity contribution in [2.45, 2.75) is 26.2 Å². The van der Waals surface area contributed by atoms with Crippen molar-refractivity contribution in [3.63, 3.8) is 0 Å². The number of carbonyl (C=O) groups excluding carboxylic acids is 1. The van der Waals surface area contributed by atoms with Crippen LogP contribution in [0.2, 0.25) is 10.0 Å². The number of benzene rings is 1. The van der Waals surface area contributed by atoms with Crippen LogP contribution >= 0.6 is 34.5 Å². The van der Waals surface area contributed by atoms with Crippen LogP contribution in [0.15, 0.2) is 23.6 Å². The van der Waals surface area contributed by atoms with Crippen molar-refractivity contribution in [1.29, 1.82) is 0 Å². The van der Waals surface area contributed by atoms with Crippen molar-refractivity contribution < 1.29 is 4.79 Å². The van der Waals surface area contributed by atoms with Gasteiger partial charge in [-0.15, -0.1) is 11.3 Å². The van der Waals surface area contributed by atoms with Gasteiger partial charge in [-0.1, -0.05) is 43.1 Å². The molecule has 0 atom stereocenters. The van der Waals surface area contributed by atoms with Crippen molar-refractivity contribution in [3.05, 3.63) is 44.9 Å². The van der Waals surface area contributed by atoms with E-state index >= 15 is 0 Å². The zero-order valence-electron chi connectivity index (χ0n) is 11.1. The number of nitrogens with zero attached hydrogens (tertiary/aromatic N) is 1. The topological polar surface area (TPSA) is 42.0 Å². The Bertz CT molecular complexity index is 605. The number of thiazole rings is 1. The van der Waals surface area contributed by atoms with Gasteiger partial charge >= 0.3 is 0 Å². The Balaban J connectivity index is 2.05. The second-order valence-corrected chi connectivity index (χ2v) is 6.33. The van der Waals surface area contributed by atoms with Crippen LogP contribution in [0.25, 0.3) is 0 Å². The normalized spacial score (nSPS) is 10.8. The fraction of sp³-hybridized carbons (Fsp3) is 0.286. The van der Waals surface area contributed by atoms with E-state index in [0.29, 0.717) is 26.7 Å². The van der Waals surface area contributed by atoms with Gasteiger partial charge in [0.2, 0.25) is 5.91 Å². The Morgan fingerprint density at radius 1 is 1.35 bits per heavy atom. The first kappa shape index (κ1) is 15.3. The van der Waals surface area contributed by atoms with E-state index in [1.807, 2.05) is 5.38 Å². The van der Waals surface area contributed by atoms with Crippen LogP contribution in [0, 0.1) is 0 Å². The number of nitrogens with one attached hydrogen (secondary N) is 1. The van der Waals surface area contributed by atoms with Crippen molar-refractivity contribution in [1.82, 2.24) is 4.98 Å². The summed E-state index contributed by atoms with van der Waals surface area (Å²) in [7, 11) is 0. The number of rotatable bonds is 4. The number of hydrogen-bond donors (Lipinski definition) is 1. The predicted octanol–water partition coefficient (Wildman–Crippen LogP) is 4.75. The second kappa shape index (κ2) is 6.57. The summed E-state index contributed by atoms with van der Waals surface area (Å²) < 4.78 is 0. The number of aromatic nitrogens is 1. The van der Waals surface area contributed by atoms with Gasteiger partial charge in [0.1, 0.15) is 0 Å². The van der Waals surface area contributed by atoms with Gasteiger partial charge in [0.25, 0.3) is 0 Å². The van der Waals surface area contributed by atoms with E-state index < -0.39 is 0 Å². The molecule has 0 aliphatic heterocycles. The summed E-state index contributed by atoms with van der Waals surface area (Å²) in [6.45, 7) is 4.12. The standard InChI is InChI=1S/C14H14Cl2N2OS/c1-8(2)12-7-20-14(17-12)18-13(19)6-9-10(15)4-3-5-11(9)16/h3-5,7-8H,6H2,1-2H3,(H,17,18,19). The van der Waals surface area contributed by atoms with Crippen molar-refractivity contribution in [2.24, 2.45) is 0 Å². The quantitative estimate of drug-likeness (QED) is 0.879. The lowest BCUT2D eigenvalue weighted by Gasteiger charge is -2.06. The van der Waals surface area contributed by atoms with Gasteiger partial charge in [0.15, 0.2) is 5.13 Å². The fourth-order valence-electron chi connectivity index (χ4n) is 1.63. The zero-order chi connectivity index (χ0) is 14.7. The molecule has 1 aromatic carbocycles. The highest BCUT2D eigenvalue weighted by Gasteiger charge is 2.13. The molecule has 0 aliphatic rings. The monoisotopic (exact) mass is 328 g/mol. The SMILES string of the molecule is CC(C)c1csc(NC(=O)Cc2c(Cl)cccc2Cl)n1. The van der Waals surface area contributed by atoms with E-state index in [1.54, 1.807) is 18.2 Å². The van der Waals surface area contributed by atoms with Crippen LogP contribution in [0.5, 0.6) is 0 Å². The number of carbonyl (C=O) groups is 1. The lowest BCUT2D eigenvalue weighted by Crippen LogP contribution is -2.14. The molecule has 1 N–H and O–H groups in total. The van der Waals surface area contributed by atoms with E-state index in [-0.39, 0.29) is 12.3 Å². The van der Waals surface area contributed by atoms with Gasteiger partial charge in [-0.25, -0.2) is 4.98 Å². The highest BCUT2D eigenvalue weighted by atomic mass is 35.5. The lowest BCUT2D eigenvalue weighted by atomic mass is 10.1. The summed E-state index contributed by atoms with van der Waals surface area (Å²) in [6, 6.07) is 5.19. The molecule has 0 bridgehead atoms. The summed E-state index contributed by atoms with van der Waals surface area (Å²) in [5.41, 5.74) is 1.61. The summed E-state index contributed by atoms with van der Waals surface area (Å²) in [5.74, 6) is 0.166. The number of hydrogen-bond acceptors (Lipinski definition) is 3. The van der Waals surface area contributed by atoms with Crippen molar-refractivity contribution in [2.75, 3.05) is 5.32 Å². The highest BCUT2D eigenvalue weighted by molar-refractivity contribution is 7.13. The van der Waals surface area contributed by atoms with Crippen LogP contribution in [0.1, 0.15) is 31.0 Å². The first-order chi connectivity index (χ1) is 9.47. The van der Waals surface area contributed by atoms with Crippen LogP contribution in [-0.4, -0.2) is 10.9 Å². The Morgan fingerprint density at radius 3 is 2.55 bits per heavy atom. The van der Waals surface area contributed by atoms with Crippen LogP contribution in [0.3, 0.4) is 0 Å². The minimum Gasteiger partial charge on any atom is -0.302 e. The molecular formula is C14H14Cl2N2OS. The molecule has 2 rings (SSSR count). The molecule has 0 unspecified atom stereocenters. The van der Waals surface area contributed by atoms with Gasteiger partial charge in [0, 0.05) is 15.4 Å². The minimum atomic E-state index is -0.176. The minimum absolute atomic E-state index is 0.134. The summed E-state index contributed by atoms with van der Waals surface area (Å²) in [6.07, 6.45) is 0.134. The van der Waals surface area contributed by atoms with Crippen molar-refractivity contribution >= 4 is 45.6 Å². The molecule has 0 saturated heterocycles. The average molecular weight is 329 g/mol. The molecule has 1 amide bonds. The van der Waals surface area contributed by atoms with Crippen LogP contribution in [0.4, 0.5) is 5.13 Å².